The van der Waals surface area contributed by atoms with Crippen LogP contribution in [-0.2, 0) is 33.3 Å². The molecule has 0 aromatic heterocycles. The molecule has 0 spiro atoms. The molecule has 0 aliphatic carbocycles. The van der Waals surface area contributed by atoms with Gasteiger partial charge in [-0.05, 0) is 38.5 Å². The van der Waals surface area contributed by atoms with Gasteiger partial charge >= 0.3 is 11.9 Å². The smallest absolute Gasteiger partial charge is 0.306 e. The number of allylic oxidation sites excluding steroid dienone is 2. The van der Waals surface area contributed by atoms with Crippen molar-refractivity contribution in [2.24, 2.45) is 0 Å². The molecule has 324 valence electrons. The Morgan fingerprint density at radius 3 is 1.36 bits per heavy atom. The van der Waals surface area contributed by atoms with Crippen LogP contribution in [-0.4, -0.2) is 82.3 Å². The molecule has 0 heterocycles. The first-order valence-corrected chi connectivity index (χ1v) is 22.8. The summed E-state index contributed by atoms with van der Waals surface area (Å²) in [6, 6.07) is 0. The van der Waals surface area contributed by atoms with Gasteiger partial charge in [0.2, 0.25) is 0 Å². The predicted octanol–water partition coefficient (Wildman–Crippen LogP) is 10.6. The van der Waals surface area contributed by atoms with E-state index in [1.54, 1.807) is 0 Å². The highest BCUT2D eigenvalue weighted by Crippen LogP contribution is 2.15. The zero-order valence-corrected chi connectivity index (χ0v) is 36.6. The summed E-state index contributed by atoms with van der Waals surface area (Å²) >= 11 is 0. The number of carboxylic acid groups (broad SMARTS) is 1. The molecule has 0 amide bonds. The van der Waals surface area contributed by atoms with Crippen LogP contribution < -0.4 is 5.11 Å². The summed E-state index contributed by atoms with van der Waals surface area (Å²) in [5.41, 5.74) is 0. The molecule has 0 N–H and O–H groups in total. The lowest BCUT2D eigenvalue weighted by Crippen LogP contribution is -2.44. The molecule has 2 unspecified atom stereocenters. The summed E-state index contributed by atoms with van der Waals surface area (Å²) < 4.78 is 22.5. The third-order valence-electron chi connectivity index (χ3n) is 10.0. The van der Waals surface area contributed by atoms with E-state index >= 15 is 0 Å². The van der Waals surface area contributed by atoms with Gasteiger partial charge in [0, 0.05) is 12.8 Å². The van der Waals surface area contributed by atoms with Crippen molar-refractivity contribution in [3.8, 4) is 0 Å². The highest BCUT2D eigenvalue weighted by Gasteiger charge is 2.21. The van der Waals surface area contributed by atoms with Crippen molar-refractivity contribution in [2.75, 3.05) is 47.5 Å². The number of likely N-dealkylation sites (N-methyl/N-ethyl adjacent to an activating group) is 1. The second kappa shape index (κ2) is 38.9. The summed E-state index contributed by atoms with van der Waals surface area (Å²) in [5, 5.41) is 11.7. The first kappa shape index (κ1) is 53.0. The van der Waals surface area contributed by atoms with E-state index in [1.165, 1.54) is 122 Å². The molecule has 9 heteroatoms. The lowest BCUT2D eigenvalue weighted by Gasteiger charge is -2.26. The number of rotatable bonds is 42. The third kappa shape index (κ3) is 40.0. The van der Waals surface area contributed by atoms with Crippen LogP contribution in [0.25, 0.3) is 0 Å². The number of nitrogens with zero attached hydrogens (tertiary/aromatic N) is 1. The number of carboxylic acids is 1. The SMILES string of the molecule is CCCCCC/C=C\CCCCCCCC(=O)OC(COC(=O)CCCCCCCCCCCCCCCCCCC)COC(OCC[N+](C)(C)C)C(=O)[O-]. The number of carbonyl (C=O) groups excluding carboxylic acids is 3. The number of carbonyl (C=O) groups is 3. The first-order chi connectivity index (χ1) is 26.6. The van der Waals surface area contributed by atoms with Crippen LogP contribution in [0.3, 0.4) is 0 Å². The number of unbranched alkanes of at least 4 members (excludes halogenated alkanes) is 25. The number of quaternary nitrogens is 1. The van der Waals surface area contributed by atoms with Gasteiger partial charge in [-0.15, -0.1) is 0 Å². The van der Waals surface area contributed by atoms with Gasteiger partial charge in [0.05, 0.1) is 40.3 Å². The summed E-state index contributed by atoms with van der Waals surface area (Å²) in [7, 11) is 5.91. The number of hydrogen-bond acceptors (Lipinski definition) is 8. The maximum Gasteiger partial charge on any atom is 0.306 e. The highest BCUT2D eigenvalue weighted by molar-refractivity contribution is 5.70. The average molecular weight is 782 g/mol. The molecule has 9 nitrogen and oxygen atoms in total. The Morgan fingerprint density at radius 1 is 0.527 bits per heavy atom. The van der Waals surface area contributed by atoms with E-state index in [1.807, 2.05) is 21.1 Å². The maximum atomic E-state index is 12.7. The molecule has 0 saturated carbocycles. The van der Waals surface area contributed by atoms with Crippen molar-refractivity contribution in [1.82, 2.24) is 0 Å². The van der Waals surface area contributed by atoms with Crippen LogP contribution in [0.1, 0.15) is 206 Å². The molecule has 0 fully saturated rings. The molecule has 0 aromatic carbocycles. The Hall–Kier alpha value is -1.97. The Balaban J connectivity index is 4.39. The molecule has 2 atom stereocenters. The van der Waals surface area contributed by atoms with Crippen LogP contribution in [0.5, 0.6) is 0 Å². The Morgan fingerprint density at radius 2 is 0.927 bits per heavy atom. The minimum absolute atomic E-state index is 0.149. The normalized spacial score (nSPS) is 13.0. The molecular formula is C46H87NO8. The number of aliphatic carboxylic acids is 1. The van der Waals surface area contributed by atoms with Crippen molar-refractivity contribution >= 4 is 17.9 Å². The number of ether oxygens (including phenoxy) is 4. The molecular weight excluding hydrogens is 695 g/mol. The van der Waals surface area contributed by atoms with Gasteiger partial charge in [-0.1, -0.05) is 167 Å². The quantitative estimate of drug-likeness (QED) is 0.0198. The fourth-order valence-corrected chi connectivity index (χ4v) is 6.41. The van der Waals surface area contributed by atoms with E-state index in [9.17, 15) is 19.5 Å². The molecule has 0 saturated heterocycles. The molecule has 0 aliphatic heterocycles. The van der Waals surface area contributed by atoms with Crippen molar-refractivity contribution < 1.29 is 42.9 Å². The molecule has 55 heavy (non-hydrogen) atoms. The largest absolute Gasteiger partial charge is 0.545 e. The number of hydrogen-bond donors (Lipinski definition) is 0. The van der Waals surface area contributed by atoms with E-state index in [-0.39, 0.29) is 32.2 Å². The van der Waals surface area contributed by atoms with Gasteiger partial charge in [-0.3, -0.25) is 9.59 Å². The van der Waals surface area contributed by atoms with E-state index in [0.717, 1.165) is 51.4 Å². The molecule has 0 rings (SSSR count). The van der Waals surface area contributed by atoms with Gasteiger partial charge in [0.1, 0.15) is 13.2 Å². The molecule has 0 aliphatic rings. The standard InChI is InChI=1S/C46H87NO8/c1-6-8-10-12-14-16-18-20-21-22-23-25-26-28-30-32-34-36-43(48)53-40-42(41-54-46(45(50)51)52-39-38-47(3,4)5)55-44(49)37-35-33-31-29-27-24-19-17-15-13-11-9-7-2/h17,19,42,46H,6-16,18,20-41H2,1-5H3/b19-17-. The van der Waals surface area contributed by atoms with Crippen molar-refractivity contribution in [3.05, 3.63) is 12.2 Å². The predicted molar refractivity (Wildman–Crippen MR) is 223 cm³/mol. The van der Waals surface area contributed by atoms with Gasteiger partial charge in [-0.25, -0.2) is 0 Å². The Labute approximate surface area is 338 Å². The molecule has 0 radical (unpaired) electrons. The van der Waals surface area contributed by atoms with Crippen LogP contribution >= 0.6 is 0 Å². The lowest BCUT2D eigenvalue weighted by atomic mass is 10.0. The summed E-state index contributed by atoms with van der Waals surface area (Å²) in [4.78, 5) is 36.9. The van der Waals surface area contributed by atoms with Crippen molar-refractivity contribution in [1.29, 1.82) is 0 Å². The lowest BCUT2D eigenvalue weighted by molar-refractivity contribution is -0.870. The van der Waals surface area contributed by atoms with Gasteiger partial charge < -0.3 is 33.3 Å². The third-order valence-corrected chi connectivity index (χ3v) is 10.0. The van der Waals surface area contributed by atoms with Gasteiger partial charge in [0.15, 0.2) is 12.4 Å². The van der Waals surface area contributed by atoms with E-state index in [2.05, 4.69) is 26.0 Å². The maximum absolute atomic E-state index is 12.7. The Kier molecular flexibility index (Phi) is 37.5. The second-order valence-electron chi connectivity index (χ2n) is 16.7. The van der Waals surface area contributed by atoms with Gasteiger partial charge in [-0.2, -0.15) is 0 Å². The van der Waals surface area contributed by atoms with Crippen molar-refractivity contribution in [3.63, 3.8) is 0 Å². The zero-order chi connectivity index (χ0) is 40.7. The molecule has 0 aromatic rings. The van der Waals surface area contributed by atoms with Crippen LogP contribution in [0, 0.1) is 0 Å². The minimum Gasteiger partial charge on any atom is -0.545 e. The minimum atomic E-state index is -1.62. The van der Waals surface area contributed by atoms with Crippen LogP contribution in [0.2, 0.25) is 0 Å². The van der Waals surface area contributed by atoms with E-state index in [4.69, 9.17) is 18.9 Å². The fourth-order valence-electron chi connectivity index (χ4n) is 6.41. The monoisotopic (exact) mass is 782 g/mol. The zero-order valence-electron chi connectivity index (χ0n) is 36.6. The van der Waals surface area contributed by atoms with Crippen LogP contribution in [0.4, 0.5) is 0 Å². The van der Waals surface area contributed by atoms with Crippen molar-refractivity contribution in [2.45, 2.75) is 219 Å². The fraction of sp³-hybridized carbons (Fsp3) is 0.891. The topological polar surface area (TPSA) is 111 Å². The number of esters is 2. The van der Waals surface area contributed by atoms with Crippen LogP contribution in [0.15, 0.2) is 12.2 Å². The summed E-state index contributed by atoms with van der Waals surface area (Å²) in [6.45, 7) is 4.73. The van der Waals surface area contributed by atoms with E-state index in [0.29, 0.717) is 23.9 Å². The summed E-state index contributed by atoms with van der Waals surface area (Å²) in [6.07, 6.45) is 36.7. The van der Waals surface area contributed by atoms with E-state index < -0.39 is 24.3 Å². The molecule has 0 bridgehead atoms. The van der Waals surface area contributed by atoms with Gasteiger partial charge in [0.25, 0.3) is 0 Å². The average Bonchev–Trinajstić information content (AvgIpc) is 3.14. The summed E-state index contributed by atoms with van der Waals surface area (Å²) in [5.74, 6) is -2.28. The first-order valence-electron chi connectivity index (χ1n) is 22.8. The highest BCUT2D eigenvalue weighted by atomic mass is 16.7. The Bertz CT molecular complexity index is 918. The second-order valence-corrected chi connectivity index (χ2v) is 16.7.